The zero-order chi connectivity index (χ0) is 30.3. The number of para-hydroxylation sites is 1. The summed E-state index contributed by atoms with van der Waals surface area (Å²) >= 11 is 0. The first-order chi connectivity index (χ1) is 20.8. The molecule has 0 spiro atoms. The summed E-state index contributed by atoms with van der Waals surface area (Å²) in [5.74, 6) is -2.07. The summed E-state index contributed by atoms with van der Waals surface area (Å²) in [6.07, 6.45) is 1.57. The standard InChI is InChI=1S/C36H36FN3O3.Ni/c1-24-17-18-27(20-25(24)2)23-40-19-9-16-33(40)35(41)39-31-15-7-6-14-30(31)34(28-11-4-3-5-12-28)38-32(36(42)43)22-26-10-8-13-29(37)21-26;/h3-8,10-15,17-18,20-21,32-33H,9,16,19,22-23H2,1-2H3,(H,39,41)(H,42,43);/q;+2/p-2/t32-,33-;/m0./s1. The molecule has 0 aliphatic carbocycles. The summed E-state index contributed by atoms with van der Waals surface area (Å²) in [6, 6.07) is 26.8. The molecule has 1 fully saturated rings. The number of aliphatic imine (C=N–C) groups is 2. The number of hydrogen-bond donors (Lipinski definition) is 0. The topological polar surface area (TPSA) is 91.2 Å². The zero-order valence-corrected chi connectivity index (χ0v) is 25.7. The van der Waals surface area contributed by atoms with Crippen LogP contribution in [0.2, 0.25) is 0 Å². The van der Waals surface area contributed by atoms with E-state index in [4.69, 9.17) is 0 Å². The predicted octanol–water partition coefficient (Wildman–Crippen LogP) is 4.69. The Morgan fingerprint density at radius 2 is 1.66 bits per heavy atom. The maximum absolute atomic E-state index is 13.9. The number of hydrogen-bond acceptors (Lipinski definition) is 6. The summed E-state index contributed by atoms with van der Waals surface area (Å²) in [5.41, 5.74) is 6.09. The molecule has 0 aromatic heterocycles. The van der Waals surface area contributed by atoms with Gasteiger partial charge in [-0.25, -0.2) is 4.39 Å². The maximum Gasteiger partial charge on any atom is 2.00 e. The molecule has 44 heavy (non-hydrogen) atoms. The van der Waals surface area contributed by atoms with Gasteiger partial charge in [-0.1, -0.05) is 78.9 Å². The van der Waals surface area contributed by atoms with Gasteiger partial charge in [-0.2, -0.15) is 0 Å². The average molecular weight is 634 g/mol. The van der Waals surface area contributed by atoms with Crippen molar-refractivity contribution >= 4 is 23.3 Å². The number of likely N-dealkylation sites (tertiary alicyclic amines) is 1. The van der Waals surface area contributed by atoms with E-state index in [9.17, 15) is 19.4 Å². The second-order valence-electron chi connectivity index (χ2n) is 11.0. The van der Waals surface area contributed by atoms with E-state index in [0.29, 0.717) is 34.6 Å². The van der Waals surface area contributed by atoms with Gasteiger partial charge in [0, 0.05) is 30.1 Å². The van der Waals surface area contributed by atoms with Gasteiger partial charge in [-0.05, 0) is 79.6 Å². The Bertz CT molecular complexity index is 1660. The van der Waals surface area contributed by atoms with Gasteiger partial charge in [0.1, 0.15) is 5.82 Å². The molecule has 0 unspecified atom stereocenters. The molecule has 6 nitrogen and oxygen atoms in total. The van der Waals surface area contributed by atoms with Gasteiger partial charge in [-0.15, -0.1) is 0 Å². The van der Waals surface area contributed by atoms with Gasteiger partial charge in [0.2, 0.25) is 0 Å². The Labute approximate surface area is 267 Å². The monoisotopic (exact) mass is 633 g/mol. The average Bonchev–Trinajstić information content (AvgIpc) is 3.46. The summed E-state index contributed by atoms with van der Waals surface area (Å²) < 4.78 is 13.9. The van der Waals surface area contributed by atoms with Crippen molar-refractivity contribution in [3.8, 4) is 0 Å². The molecule has 4 aromatic carbocycles. The Morgan fingerprint density at radius 3 is 2.39 bits per heavy atom. The zero-order valence-electron chi connectivity index (χ0n) is 24.7. The van der Waals surface area contributed by atoms with Crippen molar-refractivity contribution in [2.45, 2.75) is 51.7 Å². The number of aryl methyl sites for hydroxylation is 2. The first kappa shape index (κ1) is 32.8. The second kappa shape index (κ2) is 15.0. The van der Waals surface area contributed by atoms with Crippen molar-refractivity contribution in [2.24, 2.45) is 9.98 Å². The molecule has 5 rings (SSSR count). The van der Waals surface area contributed by atoms with Crippen molar-refractivity contribution < 1.29 is 35.9 Å². The fourth-order valence-electron chi connectivity index (χ4n) is 5.52. The molecule has 0 bridgehead atoms. The van der Waals surface area contributed by atoms with Gasteiger partial charge in [0.05, 0.1) is 23.4 Å². The van der Waals surface area contributed by atoms with Crippen molar-refractivity contribution in [1.29, 1.82) is 0 Å². The molecule has 8 heteroatoms. The van der Waals surface area contributed by atoms with Crippen LogP contribution in [0.5, 0.6) is 0 Å². The van der Waals surface area contributed by atoms with Crippen molar-refractivity contribution in [2.75, 3.05) is 6.54 Å². The van der Waals surface area contributed by atoms with Crippen LogP contribution in [-0.2, 0) is 34.3 Å². The number of rotatable bonds is 10. The van der Waals surface area contributed by atoms with Crippen LogP contribution in [0.3, 0.4) is 0 Å². The summed E-state index contributed by atoms with van der Waals surface area (Å²) in [4.78, 5) is 23.7. The first-order valence-corrected chi connectivity index (χ1v) is 14.5. The minimum atomic E-state index is -1.38. The molecule has 0 radical (unpaired) electrons. The van der Waals surface area contributed by atoms with E-state index in [2.05, 4.69) is 46.9 Å². The number of halogens is 1. The van der Waals surface area contributed by atoms with E-state index in [1.807, 2.05) is 30.3 Å². The van der Waals surface area contributed by atoms with Gasteiger partial charge in [0.25, 0.3) is 0 Å². The molecule has 0 saturated carbocycles. The van der Waals surface area contributed by atoms with E-state index in [-0.39, 0.29) is 34.9 Å². The number of aliphatic carboxylic acids is 1. The Kier molecular flexibility index (Phi) is 11.2. The number of carbonyl (C=O) groups is 1. The van der Waals surface area contributed by atoms with Gasteiger partial charge < -0.3 is 15.0 Å². The van der Waals surface area contributed by atoms with E-state index in [0.717, 1.165) is 24.9 Å². The molecular formula is C36H34FN3NiO3. The third-order valence-corrected chi connectivity index (χ3v) is 7.92. The molecule has 0 N–H and O–H groups in total. The van der Waals surface area contributed by atoms with Crippen molar-refractivity contribution in [3.63, 3.8) is 0 Å². The molecule has 4 aromatic rings. The van der Waals surface area contributed by atoms with Crippen molar-refractivity contribution in [3.05, 3.63) is 136 Å². The first-order valence-electron chi connectivity index (χ1n) is 14.5. The van der Waals surface area contributed by atoms with E-state index in [1.54, 1.807) is 30.3 Å². The fraction of sp³-hybridized carbons (Fsp3) is 0.250. The smallest absolute Gasteiger partial charge is 0.861 e. The van der Waals surface area contributed by atoms with Crippen LogP contribution in [0, 0.1) is 19.7 Å². The summed E-state index contributed by atoms with van der Waals surface area (Å²) in [5, 5.41) is 25.9. The quantitative estimate of drug-likeness (QED) is 0.144. The van der Waals surface area contributed by atoms with Gasteiger partial charge >= 0.3 is 16.5 Å². The normalized spacial score (nSPS) is 16.4. The van der Waals surface area contributed by atoms with Crippen LogP contribution in [-0.4, -0.2) is 41.1 Å². The fourth-order valence-corrected chi connectivity index (χ4v) is 5.52. The molecule has 1 heterocycles. The van der Waals surface area contributed by atoms with Crippen LogP contribution < -0.4 is 10.2 Å². The number of carboxylic acids is 1. The molecule has 1 saturated heterocycles. The molecule has 228 valence electrons. The number of benzene rings is 4. The molecular weight excluding hydrogens is 600 g/mol. The van der Waals surface area contributed by atoms with Crippen LogP contribution in [0.25, 0.3) is 0 Å². The molecule has 1 aliphatic heterocycles. The second-order valence-corrected chi connectivity index (χ2v) is 11.0. The van der Waals surface area contributed by atoms with E-state index >= 15 is 0 Å². The predicted molar refractivity (Wildman–Crippen MR) is 164 cm³/mol. The maximum atomic E-state index is 13.9. The van der Waals surface area contributed by atoms with Crippen LogP contribution >= 0.6 is 0 Å². The van der Waals surface area contributed by atoms with E-state index in [1.165, 1.54) is 29.3 Å². The van der Waals surface area contributed by atoms with Gasteiger partial charge in [-0.3, -0.25) is 14.9 Å². The third kappa shape index (κ3) is 8.07. The number of nitrogens with zero attached hydrogens (tertiary/aromatic N) is 3. The Hall–Kier alpha value is -4.13. The van der Waals surface area contributed by atoms with Gasteiger partial charge in [0.15, 0.2) is 0 Å². The van der Waals surface area contributed by atoms with Crippen LogP contribution in [0.1, 0.15) is 46.2 Å². The Morgan fingerprint density at radius 1 is 0.909 bits per heavy atom. The van der Waals surface area contributed by atoms with E-state index < -0.39 is 17.8 Å². The largest absolute Gasteiger partial charge is 2.00 e. The van der Waals surface area contributed by atoms with Crippen LogP contribution in [0.4, 0.5) is 10.1 Å². The molecule has 1 aliphatic rings. The summed E-state index contributed by atoms with van der Waals surface area (Å²) in [6.45, 7) is 5.65. The minimum Gasteiger partial charge on any atom is -0.861 e. The van der Waals surface area contributed by atoms with Crippen LogP contribution in [0.15, 0.2) is 107 Å². The molecule has 0 amide bonds. The number of carbonyl (C=O) groups excluding carboxylic acids is 1. The third-order valence-electron chi connectivity index (χ3n) is 7.92. The Balaban J connectivity index is 0.00000442. The number of carboxylic acid groups (broad SMARTS) is 1. The summed E-state index contributed by atoms with van der Waals surface area (Å²) in [7, 11) is 0. The SMILES string of the molecule is Cc1ccc(CN2CCC[C@H]2C([O-])=Nc2ccccc2C(=N[C@@H](Cc2cccc(F)c2)C(=O)[O-])c2ccccc2)cc1C.[Ni+2]. The minimum absolute atomic E-state index is 0. The van der Waals surface area contributed by atoms with Crippen molar-refractivity contribution in [1.82, 2.24) is 4.90 Å². The molecule has 2 atom stereocenters.